The van der Waals surface area contributed by atoms with E-state index in [1.807, 2.05) is 0 Å². The number of benzene rings is 3. The van der Waals surface area contributed by atoms with E-state index in [2.05, 4.69) is 21.2 Å². The van der Waals surface area contributed by atoms with Crippen molar-refractivity contribution in [2.24, 2.45) is 0 Å². The molecule has 3 amide bonds. The van der Waals surface area contributed by atoms with Crippen molar-refractivity contribution in [1.29, 1.82) is 0 Å². The van der Waals surface area contributed by atoms with Gasteiger partial charge in [-0.2, -0.15) is 0 Å². The summed E-state index contributed by atoms with van der Waals surface area (Å²) < 4.78 is 26.7. The van der Waals surface area contributed by atoms with Crippen LogP contribution in [-0.4, -0.2) is 29.3 Å². The van der Waals surface area contributed by atoms with Crippen LogP contribution >= 0.6 is 11.6 Å². The van der Waals surface area contributed by atoms with Crippen molar-refractivity contribution in [2.75, 3.05) is 6.54 Å². The highest BCUT2D eigenvalue weighted by molar-refractivity contribution is 6.33. The average Bonchev–Trinajstić information content (AvgIpc) is 2.85. The number of nitrogens with one attached hydrogen (secondary N) is 3. The maximum atomic E-state index is 13.7. The van der Waals surface area contributed by atoms with Gasteiger partial charge in [-0.15, -0.1) is 0 Å². The summed E-state index contributed by atoms with van der Waals surface area (Å²) in [5.41, 5.74) is 5.96. The van der Waals surface area contributed by atoms with Gasteiger partial charge in [-0.1, -0.05) is 48.0 Å². The zero-order valence-corrected chi connectivity index (χ0v) is 18.7. The molecule has 4 aromatic rings. The summed E-state index contributed by atoms with van der Waals surface area (Å²) in [6, 6.07) is 18.1. The lowest BCUT2D eigenvalue weighted by Gasteiger charge is -2.12. The van der Waals surface area contributed by atoms with Crippen LogP contribution in [0, 0.1) is 11.6 Å². The Kier molecular flexibility index (Phi) is 6.98. The molecule has 0 radical (unpaired) electrons. The number of para-hydroxylation sites is 1. The van der Waals surface area contributed by atoms with Crippen LogP contribution in [0.3, 0.4) is 0 Å². The van der Waals surface area contributed by atoms with Gasteiger partial charge < -0.3 is 5.32 Å². The number of pyridine rings is 1. The minimum atomic E-state index is -1.06. The van der Waals surface area contributed by atoms with E-state index in [4.69, 9.17) is 11.6 Å². The van der Waals surface area contributed by atoms with E-state index in [9.17, 15) is 23.2 Å². The predicted molar refractivity (Wildman–Crippen MR) is 126 cm³/mol. The molecular formula is C25H17ClF2N4O3. The smallest absolute Gasteiger partial charge is 0.270 e. The summed E-state index contributed by atoms with van der Waals surface area (Å²) in [5.74, 6) is -4.19. The van der Waals surface area contributed by atoms with Gasteiger partial charge in [0.15, 0.2) is 0 Å². The summed E-state index contributed by atoms with van der Waals surface area (Å²) in [7, 11) is 0. The third-order valence-electron chi connectivity index (χ3n) is 5.01. The highest BCUT2D eigenvalue weighted by Gasteiger charge is 2.17. The highest BCUT2D eigenvalue weighted by Crippen LogP contribution is 2.29. The molecule has 7 nitrogen and oxygen atoms in total. The predicted octanol–water partition coefficient (Wildman–Crippen LogP) is 4.02. The number of hydrazine groups is 1. The third kappa shape index (κ3) is 5.42. The second kappa shape index (κ2) is 10.3. The molecule has 3 N–H and O–H groups in total. The molecule has 0 saturated carbocycles. The van der Waals surface area contributed by atoms with Gasteiger partial charge in [-0.3, -0.25) is 25.2 Å². The number of hydrogen-bond donors (Lipinski definition) is 3. The monoisotopic (exact) mass is 494 g/mol. The lowest BCUT2D eigenvalue weighted by Crippen LogP contribution is -2.46. The Morgan fingerprint density at radius 1 is 0.829 bits per heavy atom. The molecule has 0 aliphatic heterocycles. The minimum absolute atomic E-state index is 0.239. The van der Waals surface area contributed by atoms with E-state index >= 15 is 0 Å². The van der Waals surface area contributed by atoms with Crippen LogP contribution in [0.25, 0.3) is 22.2 Å². The third-order valence-corrected chi connectivity index (χ3v) is 5.34. The fourth-order valence-electron chi connectivity index (χ4n) is 3.34. The van der Waals surface area contributed by atoms with Gasteiger partial charge in [0.05, 0.1) is 28.9 Å². The second-order valence-corrected chi connectivity index (χ2v) is 7.77. The molecule has 4 rings (SSSR count). The standard InChI is InChI=1S/C25H17ClF2N4O3/c26-19-7-3-1-6-16(19)22-12-18(15-5-2-4-8-21(15)30-22)25(35)32-31-23(33)13-29-24(34)17-10-9-14(27)11-20(17)28/h1-12H,13H2,(H,29,34)(H,31,33)(H,32,35). The van der Waals surface area contributed by atoms with Crippen LogP contribution in [0.2, 0.25) is 5.02 Å². The Balaban J connectivity index is 1.46. The first-order chi connectivity index (χ1) is 16.8. The molecule has 10 heteroatoms. The average molecular weight is 495 g/mol. The van der Waals surface area contributed by atoms with Crippen molar-refractivity contribution in [3.05, 3.63) is 101 Å². The summed E-state index contributed by atoms with van der Waals surface area (Å²) in [5, 5.41) is 3.21. The molecule has 176 valence electrons. The summed E-state index contributed by atoms with van der Waals surface area (Å²) >= 11 is 6.29. The quantitative estimate of drug-likeness (QED) is 0.365. The Morgan fingerprint density at radius 3 is 2.34 bits per heavy atom. The molecule has 3 aromatic carbocycles. The summed E-state index contributed by atoms with van der Waals surface area (Å²) in [6.45, 7) is -0.558. The number of amides is 3. The Hall–Kier alpha value is -4.37. The number of fused-ring (bicyclic) bond motifs is 1. The topological polar surface area (TPSA) is 100 Å². The van der Waals surface area contributed by atoms with E-state index in [1.165, 1.54) is 0 Å². The summed E-state index contributed by atoms with van der Waals surface area (Å²) in [6.07, 6.45) is 0. The lowest BCUT2D eigenvalue weighted by atomic mass is 10.0. The molecule has 0 saturated heterocycles. The Morgan fingerprint density at radius 2 is 1.57 bits per heavy atom. The van der Waals surface area contributed by atoms with Crippen molar-refractivity contribution in [2.45, 2.75) is 0 Å². The number of aromatic nitrogens is 1. The van der Waals surface area contributed by atoms with E-state index in [0.29, 0.717) is 33.2 Å². The van der Waals surface area contributed by atoms with Crippen LogP contribution in [0.4, 0.5) is 8.78 Å². The van der Waals surface area contributed by atoms with Crippen LogP contribution in [-0.2, 0) is 4.79 Å². The van der Waals surface area contributed by atoms with Crippen molar-refractivity contribution in [3.63, 3.8) is 0 Å². The molecule has 1 aromatic heterocycles. The Labute approximate surface area is 203 Å². The van der Waals surface area contributed by atoms with Gasteiger partial charge in [0, 0.05) is 22.0 Å². The van der Waals surface area contributed by atoms with Gasteiger partial charge in [0.25, 0.3) is 17.7 Å². The van der Waals surface area contributed by atoms with Gasteiger partial charge in [0.1, 0.15) is 11.6 Å². The molecule has 0 bridgehead atoms. The first-order valence-electron chi connectivity index (χ1n) is 10.3. The van der Waals surface area contributed by atoms with Crippen molar-refractivity contribution >= 4 is 40.2 Å². The zero-order chi connectivity index (χ0) is 24.9. The maximum Gasteiger partial charge on any atom is 0.270 e. The van der Waals surface area contributed by atoms with Crippen molar-refractivity contribution < 1.29 is 23.2 Å². The fraction of sp³-hybridized carbons (Fsp3) is 0.0400. The molecule has 0 atom stereocenters. The van der Waals surface area contributed by atoms with Crippen LogP contribution in [0.1, 0.15) is 20.7 Å². The zero-order valence-electron chi connectivity index (χ0n) is 17.9. The first-order valence-corrected chi connectivity index (χ1v) is 10.7. The molecule has 0 aliphatic rings. The molecule has 0 unspecified atom stereocenters. The highest BCUT2D eigenvalue weighted by atomic mass is 35.5. The van der Waals surface area contributed by atoms with E-state index in [1.54, 1.807) is 54.6 Å². The number of carbonyl (C=O) groups excluding carboxylic acids is 3. The maximum absolute atomic E-state index is 13.7. The van der Waals surface area contributed by atoms with Crippen molar-refractivity contribution in [1.82, 2.24) is 21.2 Å². The van der Waals surface area contributed by atoms with Crippen LogP contribution < -0.4 is 16.2 Å². The number of carbonyl (C=O) groups is 3. The second-order valence-electron chi connectivity index (χ2n) is 7.36. The molecular weight excluding hydrogens is 478 g/mol. The fourth-order valence-corrected chi connectivity index (χ4v) is 3.57. The molecule has 0 fully saturated rings. The Bertz CT molecular complexity index is 1460. The molecule has 35 heavy (non-hydrogen) atoms. The summed E-state index contributed by atoms with van der Waals surface area (Å²) in [4.78, 5) is 41.6. The minimum Gasteiger partial charge on any atom is -0.343 e. The SMILES string of the molecule is O=C(CNC(=O)c1ccc(F)cc1F)NNC(=O)c1cc(-c2ccccc2Cl)nc2ccccc12. The number of rotatable bonds is 5. The van der Waals surface area contributed by atoms with E-state index in [0.717, 1.165) is 12.1 Å². The number of halogens is 3. The van der Waals surface area contributed by atoms with Crippen molar-refractivity contribution in [3.8, 4) is 11.3 Å². The van der Waals surface area contributed by atoms with Gasteiger partial charge in [-0.05, 0) is 30.3 Å². The number of nitrogens with zero attached hydrogens (tertiary/aromatic N) is 1. The van der Waals surface area contributed by atoms with Crippen LogP contribution in [0.15, 0.2) is 72.8 Å². The van der Waals surface area contributed by atoms with Gasteiger partial charge >= 0.3 is 0 Å². The van der Waals surface area contributed by atoms with E-state index in [-0.39, 0.29) is 5.56 Å². The molecule has 0 aliphatic carbocycles. The normalized spacial score (nSPS) is 10.6. The molecule has 1 heterocycles. The first kappa shape index (κ1) is 23.8. The van der Waals surface area contributed by atoms with Gasteiger partial charge in [-0.25, -0.2) is 13.8 Å². The largest absolute Gasteiger partial charge is 0.343 e. The lowest BCUT2D eigenvalue weighted by molar-refractivity contribution is -0.120. The van der Waals surface area contributed by atoms with Gasteiger partial charge in [0.2, 0.25) is 0 Å². The van der Waals surface area contributed by atoms with E-state index < -0.39 is 41.5 Å². The van der Waals surface area contributed by atoms with Crippen LogP contribution in [0.5, 0.6) is 0 Å². The molecule has 0 spiro atoms. The number of hydrogen-bond acceptors (Lipinski definition) is 4.